The predicted molar refractivity (Wildman–Crippen MR) is 83.1 cm³/mol. The van der Waals surface area contributed by atoms with E-state index in [1.165, 1.54) is 0 Å². The highest BCUT2D eigenvalue weighted by Gasteiger charge is 2.31. The summed E-state index contributed by atoms with van der Waals surface area (Å²) in [5.41, 5.74) is 0.492. The lowest BCUT2D eigenvalue weighted by atomic mass is 10.0. The summed E-state index contributed by atoms with van der Waals surface area (Å²) in [6.45, 7) is 3.30. The zero-order valence-corrected chi connectivity index (χ0v) is 13.3. The smallest absolute Gasteiger partial charge is 0.193 e. The summed E-state index contributed by atoms with van der Waals surface area (Å²) in [5, 5.41) is 16.8. The van der Waals surface area contributed by atoms with Gasteiger partial charge in [-0.1, -0.05) is 12.8 Å². The maximum Gasteiger partial charge on any atom is 0.193 e. The SMILES string of the molecule is CN=C(NCC1(O)CCCC1)N(C)Cc1csc(C)n1. The van der Waals surface area contributed by atoms with E-state index in [2.05, 4.69) is 20.7 Å². The van der Waals surface area contributed by atoms with Gasteiger partial charge in [-0.15, -0.1) is 11.3 Å². The number of aryl methyl sites for hydroxylation is 1. The summed E-state index contributed by atoms with van der Waals surface area (Å²) < 4.78 is 0. The number of rotatable bonds is 4. The van der Waals surface area contributed by atoms with E-state index < -0.39 is 5.60 Å². The number of guanidine groups is 1. The second-order valence-corrected chi connectivity index (χ2v) is 6.61. The average molecular weight is 296 g/mol. The van der Waals surface area contributed by atoms with Gasteiger partial charge in [-0.25, -0.2) is 4.98 Å². The zero-order chi connectivity index (χ0) is 14.6. The molecule has 1 aromatic rings. The molecule has 1 aromatic heterocycles. The fraction of sp³-hybridized carbons (Fsp3) is 0.714. The van der Waals surface area contributed by atoms with Crippen molar-refractivity contribution in [1.29, 1.82) is 0 Å². The lowest BCUT2D eigenvalue weighted by Crippen LogP contribution is -2.46. The predicted octanol–water partition coefficient (Wildman–Crippen LogP) is 1.76. The van der Waals surface area contributed by atoms with Crippen LogP contribution in [0.5, 0.6) is 0 Å². The molecule has 1 aliphatic carbocycles. The Labute approximate surface area is 124 Å². The van der Waals surface area contributed by atoms with Gasteiger partial charge in [-0.3, -0.25) is 4.99 Å². The van der Waals surface area contributed by atoms with Gasteiger partial charge in [-0.05, 0) is 19.8 Å². The van der Waals surface area contributed by atoms with Crippen LogP contribution in [0, 0.1) is 6.92 Å². The molecule has 0 unspecified atom stereocenters. The van der Waals surface area contributed by atoms with Gasteiger partial charge in [0.15, 0.2) is 5.96 Å². The van der Waals surface area contributed by atoms with Gasteiger partial charge in [0.25, 0.3) is 0 Å². The van der Waals surface area contributed by atoms with Gasteiger partial charge < -0.3 is 15.3 Å². The summed E-state index contributed by atoms with van der Waals surface area (Å²) in [4.78, 5) is 10.8. The Morgan fingerprint density at radius 2 is 2.25 bits per heavy atom. The monoisotopic (exact) mass is 296 g/mol. The fourth-order valence-electron chi connectivity index (χ4n) is 2.64. The second-order valence-electron chi connectivity index (χ2n) is 5.55. The molecule has 0 bridgehead atoms. The van der Waals surface area contributed by atoms with Crippen molar-refractivity contribution in [2.24, 2.45) is 4.99 Å². The zero-order valence-electron chi connectivity index (χ0n) is 12.5. The van der Waals surface area contributed by atoms with Crippen molar-refractivity contribution in [3.63, 3.8) is 0 Å². The minimum absolute atomic E-state index is 0.562. The first-order valence-electron chi connectivity index (χ1n) is 7.07. The van der Waals surface area contributed by atoms with Crippen molar-refractivity contribution in [2.45, 2.75) is 44.8 Å². The Morgan fingerprint density at radius 3 is 2.80 bits per heavy atom. The van der Waals surface area contributed by atoms with E-state index in [0.717, 1.165) is 48.9 Å². The lowest BCUT2D eigenvalue weighted by Gasteiger charge is -2.27. The molecule has 6 heteroatoms. The number of thiazole rings is 1. The maximum atomic E-state index is 10.4. The van der Waals surface area contributed by atoms with Crippen LogP contribution >= 0.6 is 11.3 Å². The molecule has 2 N–H and O–H groups in total. The minimum atomic E-state index is -0.562. The summed E-state index contributed by atoms with van der Waals surface area (Å²) in [5.74, 6) is 0.802. The molecule has 0 saturated heterocycles. The quantitative estimate of drug-likeness (QED) is 0.656. The Morgan fingerprint density at radius 1 is 1.55 bits per heavy atom. The van der Waals surface area contributed by atoms with Crippen molar-refractivity contribution in [2.75, 3.05) is 20.6 Å². The molecule has 1 heterocycles. The van der Waals surface area contributed by atoms with Crippen molar-refractivity contribution in [3.8, 4) is 0 Å². The molecule has 0 atom stereocenters. The Bertz CT molecular complexity index is 465. The van der Waals surface area contributed by atoms with Gasteiger partial charge in [0, 0.05) is 26.0 Å². The molecule has 0 aliphatic heterocycles. The van der Waals surface area contributed by atoms with Crippen LogP contribution in [0.25, 0.3) is 0 Å². The van der Waals surface area contributed by atoms with Crippen LogP contribution < -0.4 is 5.32 Å². The van der Waals surface area contributed by atoms with Crippen molar-refractivity contribution < 1.29 is 5.11 Å². The fourth-order valence-corrected chi connectivity index (χ4v) is 3.24. The molecular weight excluding hydrogens is 272 g/mol. The molecule has 0 aromatic carbocycles. The van der Waals surface area contributed by atoms with E-state index in [4.69, 9.17) is 0 Å². The third kappa shape index (κ3) is 3.93. The number of nitrogens with one attached hydrogen (secondary N) is 1. The Hall–Kier alpha value is -1.14. The van der Waals surface area contributed by atoms with Gasteiger partial charge in [0.1, 0.15) is 0 Å². The maximum absolute atomic E-state index is 10.4. The molecule has 0 radical (unpaired) electrons. The van der Waals surface area contributed by atoms with E-state index in [0.29, 0.717) is 6.54 Å². The lowest BCUT2D eigenvalue weighted by molar-refractivity contribution is 0.0516. The third-order valence-corrected chi connectivity index (χ3v) is 4.57. The molecule has 1 aliphatic rings. The van der Waals surface area contributed by atoms with Crippen LogP contribution in [0.15, 0.2) is 10.4 Å². The first-order chi connectivity index (χ1) is 9.52. The average Bonchev–Trinajstić information content (AvgIpc) is 3.00. The summed E-state index contributed by atoms with van der Waals surface area (Å²) in [6.07, 6.45) is 3.99. The van der Waals surface area contributed by atoms with Gasteiger partial charge in [0.2, 0.25) is 0 Å². The number of aliphatic hydroxyl groups is 1. The van der Waals surface area contributed by atoms with E-state index in [9.17, 15) is 5.11 Å². The molecule has 2 rings (SSSR count). The molecule has 112 valence electrons. The molecule has 5 nitrogen and oxygen atoms in total. The standard InChI is InChI=1S/C14H24N4OS/c1-11-17-12(9-20-11)8-18(3)13(15-2)16-10-14(19)6-4-5-7-14/h9,19H,4-8,10H2,1-3H3,(H,15,16). The van der Waals surface area contributed by atoms with E-state index in [1.54, 1.807) is 18.4 Å². The number of hydrogen-bond donors (Lipinski definition) is 2. The summed E-state index contributed by atoms with van der Waals surface area (Å²) in [6, 6.07) is 0. The number of aliphatic imine (C=N–C) groups is 1. The van der Waals surface area contributed by atoms with Crippen LogP contribution in [0.4, 0.5) is 0 Å². The minimum Gasteiger partial charge on any atom is -0.388 e. The first-order valence-corrected chi connectivity index (χ1v) is 7.95. The van der Waals surface area contributed by atoms with Gasteiger partial charge >= 0.3 is 0 Å². The molecule has 20 heavy (non-hydrogen) atoms. The number of aromatic nitrogens is 1. The van der Waals surface area contributed by atoms with Gasteiger partial charge in [0.05, 0.1) is 22.8 Å². The number of nitrogens with zero attached hydrogens (tertiary/aromatic N) is 3. The molecule has 0 spiro atoms. The van der Waals surface area contributed by atoms with Crippen molar-refractivity contribution in [3.05, 3.63) is 16.1 Å². The summed E-state index contributed by atoms with van der Waals surface area (Å²) >= 11 is 1.66. The highest BCUT2D eigenvalue weighted by molar-refractivity contribution is 7.09. The van der Waals surface area contributed by atoms with Crippen LogP contribution in [-0.4, -0.2) is 47.2 Å². The summed E-state index contributed by atoms with van der Waals surface area (Å²) in [7, 11) is 3.76. The normalized spacial score (nSPS) is 18.3. The van der Waals surface area contributed by atoms with Crippen LogP contribution in [-0.2, 0) is 6.54 Å². The Kier molecular flexibility index (Phi) is 4.99. The van der Waals surface area contributed by atoms with Crippen LogP contribution in [0.2, 0.25) is 0 Å². The van der Waals surface area contributed by atoms with E-state index in [1.807, 2.05) is 18.9 Å². The first kappa shape index (κ1) is 15.3. The Balaban J connectivity index is 1.87. The highest BCUT2D eigenvalue weighted by atomic mass is 32.1. The van der Waals surface area contributed by atoms with E-state index in [-0.39, 0.29) is 0 Å². The molecule has 0 amide bonds. The highest BCUT2D eigenvalue weighted by Crippen LogP contribution is 2.28. The van der Waals surface area contributed by atoms with Crippen LogP contribution in [0.1, 0.15) is 36.4 Å². The molecule has 1 saturated carbocycles. The van der Waals surface area contributed by atoms with Gasteiger partial charge in [-0.2, -0.15) is 0 Å². The molecular formula is C14H24N4OS. The number of hydrogen-bond acceptors (Lipinski definition) is 4. The van der Waals surface area contributed by atoms with E-state index >= 15 is 0 Å². The molecule has 1 fully saturated rings. The van der Waals surface area contributed by atoms with Crippen LogP contribution in [0.3, 0.4) is 0 Å². The van der Waals surface area contributed by atoms with Crippen molar-refractivity contribution in [1.82, 2.24) is 15.2 Å². The third-order valence-electron chi connectivity index (χ3n) is 3.75. The largest absolute Gasteiger partial charge is 0.388 e. The topological polar surface area (TPSA) is 60.8 Å². The van der Waals surface area contributed by atoms with Crippen molar-refractivity contribution >= 4 is 17.3 Å². The second kappa shape index (κ2) is 6.54.